The molecule has 2 rings (SSSR count). The number of aryl methyl sites for hydroxylation is 2. The summed E-state index contributed by atoms with van der Waals surface area (Å²) in [5, 5.41) is 5.65. The molecule has 0 saturated heterocycles. The molecular formula is C22H28N2O2S. The maximum absolute atomic E-state index is 12.0. The van der Waals surface area contributed by atoms with Gasteiger partial charge in [0.1, 0.15) is 0 Å². The molecule has 0 unspecified atom stereocenters. The Kier molecular flexibility index (Phi) is 7.08. The van der Waals surface area contributed by atoms with Gasteiger partial charge in [-0.3, -0.25) is 9.59 Å². The van der Waals surface area contributed by atoms with E-state index < -0.39 is 5.41 Å². The van der Waals surface area contributed by atoms with E-state index in [0.29, 0.717) is 6.54 Å². The zero-order valence-corrected chi connectivity index (χ0v) is 17.5. The van der Waals surface area contributed by atoms with Gasteiger partial charge >= 0.3 is 0 Å². The monoisotopic (exact) mass is 384 g/mol. The Morgan fingerprint density at radius 1 is 1.00 bits per heavy atom. The van der Waals surface area contributed by atoms with Gasteiger partial charge in [-0.2, -0.15) is 0 Å². The fraction of sp³-hybridized carbons (Fsp3) is 0.364. The lowest BCUT2D eigenvalue weighted by Crippen LogP contribution is -2.36. The zero-order valence-electron chi connectivity index (χ0n) is 16.7. The summed E-state index contributed by atoms with van der Waals surface area (Å²) in [4.78, 5) is 26.2. The summed E-state index contributed by atoms with van der Waals surface area (Å²) in [7, 11) is 0. The normalized spacial score (nSPS) is 11.1. The average molecular weight is 385 g/mol. The van der Waals surface area contributed by atoms with Crippen LogP contribution in [0.2, 0.25) is 0 Å². The van der Waals surface area contributed by atoms with Crippen LogP contribution >= 0.6 is 11.8 Å². The van der Waals surface area contributed by atoms with Gasteiger partial charge in [0.15, 0.2) is 0 Å². The quantitative estimate of drug-likeness (QED) is 0.741. The number of amides is 2. The molecule has 0 spiro atoms. The second-order valence-electron chi connectivity index (χ2n) is 7.70. The van der Waals surface area contributed by atoms with Crippen LogP contribution in [0.5, 0.6) is 0 Å². The second-order valence-corrected chi connectivity index (χ2v) is 8.81. The van der Waals surface area contributed by atoms with Gasteiger partial charge in [-0.25, -0.2) is 0 Å². The number of hydrogen-bond donors (Lipinski definition) is 2. The highest BCUT2D eigenvalue weighted by Crippen LogP contribution is 2.31. The van der Waals surface area contributed by atoms with Crippen LogP contribution in [0, 0.1) is 19.3 Å². The smallest absolute Gasteiger partial charge is 0.226 e. The van der Waals surface area contributed by atoms with Crippen LogP contribution in [0.15, 0.2) is 52.3 Å². The van der Waals surface area contributed by atoms with Crippen molar-refractivity contribution in [2.24, 2.45) is 5.41 Å². The van der Waals surface area contributed by atoms with Crippen LogP contribution in [-0.4, -0.2) is 18.4 Å². The summed E-state index contributed by atoms with van der Waals surface area (Å²) in [6.07, 6.45) is 0.251. The van der Waals surface area contributed by atoms with Crippen molar-refractivity contribution in [3.8, 4) is 0 Å². The van der Waals surface area contributed by atoms with Crippen molar-refractivity contribution >= 4 is 29.3 Å². The van der Waals surface area contributed by atoms with E-state index in [1.54, 1.807) is 11.8 Å². The molecule has 4 nitrogen and oxygen atoms in total. The molecule has 2 amide bonds. The Morgan fingerprint density at radius 3 is 2.30 bits per heavy atom. The van der Waals surface area contributed by atoms with Gasteiger partial charge in [-0.1, -0.05) is 44.7 Å². The summed E-state index contributed by atoms with van der Waals surface area (Å²) in [5.74, 6) is -0.165. The van der Waals surface area contributed by atoms with Gasteiger partial charge in [0.2, 0.25) is 11.8 Å². The summed E-state index contributed by atoms with van der Waals surface area (Å²) in [6.45, 7) is 10.1. The topological polar surface area (TPSA) is 58.2 Å². The molecule has 27 heavy (non-hydrogen) atoms. The largest absolute Gasteiger partial charge is 0.355 e. The predicted molar refractivity (Wildman–Crippen MR) is 112 cm³/mol. The summed E-state index contributed by atoms with van der Waals surface area (Å²) >= 11 is 1.72. The Balaban J connectivity index is 1.85. The lowest BCUT2D eigenvalue weighted by atomic mass is 9.96. The van der Waals surface area contributed by atoms with Crippen LogP contribution in [0.4, 0.5) is 5.69 Å². The second kappa shape index (κ2) is 9.09. The first kappa shape index (κ1) is 21.0. The minimum atomic E-state index is -0.445. The number of benzene rings is 2. The summed E-state index contributed by atoms with van der Waals surface area (Å²) < 4.78 is 0. The fourth-order valence-corrected chi connectivity index (χ4v) is 3.33. The molecule has 0 aromatic heterocycles. The van der Waals surface area contributed by atoms with Crippen molar-refractivity contribution in [1.29, 1.82) is 0 Å². The van der Waals surface area contributed by atoms with Gasteiger partial charge in [0, 0.05) is 33.9 Å². The lowest BCUT2D eigenvalue weighted by Gasteiger charge is -2.17. The molecule has 0 aliphatic carbocycles. The number of hydrogen-bond acceptors (Lipinski definition) is 3. The first-order valence-corrected chi connectivity index (χ1v) is 9.90. The molecule has 5 heteroatoms. The molecule has 0 saturated carbocycles. The Morgan fingerprint density at radius 2 is 1.67 bits per heavy atom. The molecule has 0 aliphatic rings. The van der Waals surface area contributed by atoms with E-state index in [1.807, 2.05) is 45.0 Å². The Hall–Kier alpha value is -2.27. The maximum atomic E-state index is 12.0. The van der Waals surface area contributed by atoms with E-state index in [9.17, 15) is 9.59 Å². The molecule has 2 N–H and O–H groups in total. The van der Waals surface area contributed by atoms with Crippen LogP contribution in [0.25, 0.3) is 0 Å². The van der Waals surface area contributed by atoms with E-state index in [4.69, 9.17) is 0 Å². The third-order valence-electron chi connectivity index (χ3n) is 4.03. The van der Waals surface area contributed by atoms with Crippen molar-refractivity contribution in [1.82, 2.24) is 5.32 Å². The highest BCUT2D eigenvalue weighted by Gasteiger charge is 2.20. The summed E-state index contributed by atoms with van der Waals surface area (Å²) in [5.41, 5.74) is 2.80. The van der Waals surface area contributed by atoms with E-state index in [1.165, 1.54) is 16.0 Å². The number of anilines is 1. The molecule has 2 aromatic carbocycles. The lowest BCUT2D eigenvalue weighted by molar-refractivity contribution is -0.128. The Labute approximate surface area is 166 Å². The molecule has 0 bridgehead atoms. The Bertz CT molecular complexity index is 808. The van der Waals surface area contributed by atoms with Crippen LogP contribution in [0.1, 0.15) is 38.3 Å². The van der Waals surface area contributed by atoms with Crippen LogP contribution < -0.4 is 10.6 Å². The molecule has 0 radical (unpaired) electrons. The highest BCUT2D eigenvalue weighted by molar-refractivity contribution is 7.99. The van der Waals surface area contributed by atoms with E-state index in [2.05, 4.69) is 42.7 Å². The number of nitrogens with one attached hydrogen (secondary N) is 2. The molecule has 144 valence electrons. The van der Waals surface area contributed by atoms with Gasteiger partial charge in [0.25, 0.3) is 0 Å². The van der Waals surface area contributed by atoms with Crippen molar-refractivity contribution in [2.45, 2.75) is 50.8 Å². The van der Waals surface area contributed by atoms with E-state index in [0.717, 1.165) is 10.6 Å². The van der Waals surface area contributed by atoms with Gasteiger partial charge in [-0.15, -0.1) is 0 Å². The number of carbonyl (C=O) groups excluding carboxylic acids is 2. The third-order valence-corrected chi connectivity index (χ3v) is 5.20. The van der Waals surface area contributed by atoms with Crippen LogP contribution in [-0.2, 0) is 9.59 Å². The number of carbonyl (C=O) groups is 2. The van der Waals surface area contributed by atoms with Crippen molar-refractivity contribution in [2.75, 3.05) is 11.9 Å². The van der Waals surface area contributed by atoms with Crippen molar-refractivity contribution in [3.05, 3.63) is 53.6 Å². The molecular weight excluding hydrogens is 356 g/mol. The highest BCUT2D eigenvalue weighted by atomic mass is 32.2. The van der Waals surface area contributed by atoms with Crippen molar-refractivity contribution in [3.63, 3.8) is 0 Å². The predicted octanol–water partition coefficient (Wildman–Crippen LogP) is 4.95. The first-order chi connectivity index (χ1) is 12.6. The minimum Gasteiger partial charge on any atom is -0.355 e. The first-order valence-electron chi connectivity index (χ1n) is 9.08. The fourth-order valence-electron chi connectivity index (χ4n) is 2.33. The van der Waals surface area contributed by atoms with Crippen LogP contribution in [0.3, 0.4) is 0 Å². The third kappa shape index (κ3) is 6.75. The minimum absolute atomic E-state index is 0.0527. The van der Waals surface area contributed by atoms with Gasteiger partial charge in [0.05, 0.1) is 0 Å². The maximum Gasteiger partial charge on any atom is 0.226 e. The molecule has 0 atom stereocenters. The van der Waals surface area contributed by atoms with Gasteiger partial charge in [-0.05, 0) is 55.3 Å². The SMILES string of the molecule is Cc1ccc(C)c(Sc2ccc(NC(=O)CCNC(=O)C(C)(C)C)cc2)c1. The molecule has 0 aliphatic heterocycles. The molecule has 0 heterocycles. The van der Waals surface area contributed by atoms with E-state index >= 15 is 0 Å². The van der Waals surface area contributed by atoms with Crippen molar-refractivity contribution < 1.29 is 9.59 Å². The summed E-state index contributed by atoms with van der Waals surface area (Å²) in [6, 6.07) is 14.2. The van der Waals surface area contributed by atoms with E-state index in [-0.39, 0.29) is 18.2 Å². The molecule has 2 aromatic rings. The van der Waals surface area contributed by atoms with Gasteiger partial charge < -0.3 is 10.6 Å². The zero-order chi connectivity index (χ0) is 20.0. The standard InChI is InChI=1S/C22H28N2O2S/c1-15-6-7-16(2)19(14-15)27-18-10-8-17(9-11-18)24-20(25)12-13-23-21(26)22(3,4)5/h6-11,14H,12-13H2,1-5H3,(H,23,26)(H,24,25). The average Bonchev–Trinajstić information content (AvgIpc) is 2.59. The molecule has 0 fully saturated rings. The number of rotatable bonds is 6.